The van der Waals surface area contributed by atoms with Gasteiger partial charge in [-0.15, -0.1) is 0 Å². The molecule has 0 bridgehead atoms. The lowest BCUT2D eigenvalue weighted by molar-refractivity contribution is -0.385. The van der Waals surface area contributed by atoms with Gasteiger partial charge < -0.3 is 15.0 Å². The fraction of sp³-hybridized carbons (Fsp3) is 0.238. The summed E-state index contributed by atoms with van der Waals surface area (Å²) in [5.74, 6) is -1.23. The number of hydrogen-bond donors (Lipinski definition) is 1. The quantitative estimate of drug-likeness (QED) is 0.334. The van der Waals surface area contributed by atoms with E-state index >= 15 is 0 Å². The van der Waals surface area contributed by atoms with E-state index in [9.17, 15) is 19.7 Å². The second kappa shape index (κ2) is 9.50. The summed E-state index contributed by atoms with van der Waals surface area (Å²) < 4.78 is 4.89. The van der Waals surface area contributed by atoms with Crippen molar-refractivity contribution in [3.8, 4) is 0 Å². The Hall–Kier alpha value is -3.68. The highest BCUT2D eigenvalue weighted by Gasteiger charge is 2.13. The van der Waals surface area contributed by atoms with Gasteiger partial charge in [0.1, 0.15) is 0 Å². The minimum Gasteiger partial charge on any atom is -0.452 e. The molecule has 0 spiro atoms. The van der Waals surface area contributed by atoms with Gasteiger partial charge in [-0.05, 0) is 49.2 Å². The molecule has 1 N–H and O–H groups in total. The molecule has 1 aliphatic heterocycles. The standard InChI is InChI=1S/C21H21N3O5/c25-20(22-17-8-10-18(11-9-17)23-13-3-4-14-23)15-29-21(26)12-7-16-5-1-2-6-19(16)24(27)28/h1-2,5-12H,3-4,13-15H2,(H,22,25)/b12-7+. The summed E-state index contributed by atoms with van der Waals surface area (Å²) in [6.45, 7) is 1.64. The molecule has 0 unspecified atom stereocenters. The van der Waals surface area contributed by atoms with Crippen LogP contribution in [0, 0.1) is 10.1 Å². The first-order valence-electron chi connectivity index (χ1n) is 9.26. The number of carbonyl (C=O) groups is 2. The lowest BCUT2D eigenvalue weighted by Gasteiger charge is -2.17. The first kappa shape index (κ1) is 20.1. The van der Waals surface area contributed by atoms with Gasteiger partial charge in [0.15, 0.2) is 6.61 Å². The van der Waals surface area contributed by atoms with E-state index in [-0.39, 0.29) is 11.3 Å². The minimum atomic E-state index is -0.761. The largest absolute Gasteiger partial charge is 0.452 e. The maximum absolute atomic E-state index is 12.0. The number of para-hydroxylation sites is 1. The smallest absolute Gasteiger partial charge is 0.331 e. The zero-order chi connectivity index (χ0) is 20.6. The molecule has 8 heteroatoms. The first-order chi connectivity index (χ1) is 14.0. The van der Waals surface area contributed by atoms with Crippen molar-refractivity contribution in [2.75, 3.05) is 29.9 Å². The molecule has 0 aromatic heterocycles. The van der Waals surface area contributed by atoms with Crippen molar-refractivity contribution in [3.05, 3.63) is 70.3 Å². The van der Waals surface area contributed by atoms with Crippen LogP contribution in [0.4, 0.5) is 17.1 Å². The highest BCUT2D eigenvalue weighted by Crippen LogP contribution is 2.22. The van der Waals surface area contributed by atoms with Gasteiger partial charge in [-0.2, -0.15) is 0 Å². The summed E-state index contributed by atoms with van der Waals surface area (Å²) in [6, 6.07) is 13.5. The van der Waals surface area contributed by atoms with Crippen LogP contribution >= 0.6 is 0 Å². The lowest BCUT2D eigenvalue weighted by Crippen LogP contribution is -2.20. The Bertz CT molecular complexity index is 918. The Balaban J connectivity index is 1.47. The molecule has 8 nitrogen and oxygen atoms in total. The van der Waals surface area contributed by atoms with Crippen molar-refractivity contribution in [3.63, 3.8) is 0 Å². The number of benzene rings is 2. The van der Waals surface area contributed by atoms with Crippen molar-refractivity contribution in [1.29, 1.82) is 0 Å². The van der Waals surface area contributed by atoms with Crippen LogP contribution in [0.15, 0.2) is 54.6 Å². The summed E-state index contributed by atoms with van der Waals surface area (Å²) >= 11 is 0. The van der Waals surface area contributed by atoms with E-state index in [0.717, 1.165) is 24.9 Å². The third-order valence-corrected chi connectivity index (χ3v) is 4.50. The Kier molecular flexibility index (Phi) is 6.57. The Labute approximate surface area is 167 Å². The number of carbonyl (C=O) groups excluding carboxylic acids is 2. The summed E-state index contributed by atoms with van der Waals surface area (Å²) in [5, 5.41) is 13.6. The van der Waals surface area contributed by atoms with Gasteiger partial charge in [-0.1, -0.05) is 12.1 Å². The van der Waals surface area contributed by atoms with Gasteiger partial charge >= 0.3 is 5.97 Å². The fourth-order valence-corrected chi connectivity index (χ4v) is 3.07. The molecule has 1 saturated heterocycles. The number of ether oxygens (including phenoxy) is 1. The molecule has 1 heterocycles. The highest BCUT2D eigenvalue weighted by atomic mass is 16.6. The van der Waals surface area contributed by atoms with E-state index in [1.807, 2.05) is 24.3 Å². The summed E-state index contributed by atoms with van der Waals surface area (Å²) in [7, 11) is 0. The van der Waals surface area contributed by atoms with Crippen molar-refractivity contribution < 1.29 is 19.2 Å². The van der Waals surface area contributed by atoms with Gasteiger partial charge in [0.05, 0.1) is 10.5 Å². The van der Waals surface area contributed by atoms with E-state index in [1.165, 1.54) is 37.1 Å². The molecular formula is C21H21N3O5. The number of nitrogens with zero attached hydrogens (tertiary/aromatic N) is 2. The third-order valence-electron chi connectivity index (χ3n) is 4.50. The van der Waals surface area contributed by atoms with Crippen LogP contribution in [-0.4, -0.2) is 36.5 Å². The van der Waals surface area contributed by atoms with Crippen LogP contribution in [0.3, 0.4) is 0 Å². The Morgan fingerprint density at radius 3 is 2.48 bits per heavy atom. The molecule has 150 valence electrons. The van der Waals surface area contributed by atoms with E-state index in [4.69, 9.17) is 4.74 Å². The molecule has 0 aliphatic carbocycles. The van der Waals surface area contributed by atoms with Gasteiger partial charge in [-0.3, -0.25) is 14.9 Å². The topological polar surface area (TPSA) is 102 Å². The molecule has 1 aliphatic rings. The zero-order valence-electron chi connectivity index (χ0n) is 15.7. The lowest BCUT2D eigenvalue weighted by atomic mass is 10.1. The highest BCUT2D eigenvalue weighted by molar-refractivity contribution is 5.94. The second-order valence-electron chi connectivity index (χ2n) is 6.55. The predicted molar refractivity (Wildman–Crippen MR) is 110 cm³/mol. The number of amides is 1. The van der Waals surface area contributed by atoms with Crippen molar-refractivity contribution in [2.24, 2.45) is 0 Å². The number of hydrogen-bond acceptors (Lipinski definition) is 6. The SMILES string of the molecule is O=C(COC(=O)/C=C/c1ccccc1[N+](=O)[O-])Nc1ccc(N2CCCC2)cc1. The molecule has 2 aromatic carbocycles. The number of nitrogens with one attached hydrogen (secondary N) is 1. The monoisotopic (exact) mass is 395 g/mol. The van der Waals surface area contributed by atoms with E-state index in [2.05, 4.69) is 10.2 Å². The van der Waals surface area contributed by atoms with Crippen molar-refractivity contribution >= 4 is 35.0 Å². The van der Waals surface area contributed by atoms with Crippen LogP contribution in [0.25, 0.3) is 6.08 Å². The summed E-state index contributed by atoms with van der Waals surface area (Å²) in [6.07, 6.45) is 4.72. The molecule has 1 amide bonds. The van der Waals surface area contributed by atoms with Gasteiger partial charge in [-0.25, -0.2) is 4.79 Å². The first-order valence-corrected chi connectivity index (χ1v) is 9.26. The molecule has 3 rings (SSSR count). The molecule has 0 radical (unpaired) electrons. The molecular weight excluding hydrogens is 374 g/mol. The average molecular weight is 395 g/mol. The van der Waals surface area contributed by atoms with Gasteiger partial charge in [0, 0.05) is 36.6 Å². The number of esters is 1. The van der Waals surface area contributed by atoms with Crippen molar-refractivity contribution in [2.45, 2.75) is 12.8 Å². The molecule has 0 atom stereocenters. The average Bonchev–Trinajstić information content (AvgIpc) is 3.26. The predicted octanol–water partition coefficient (Wildman–Crippen LogP) is 3.39. The molecule has 1 fully saturated rings. The van der Waals surface area contributed by atoms with Crippen LogP contribution in [0.5, 0.6) is 0 Å². The fourth-order valence-electron chi connectivity index (χ4n) is 3.07. The zero-order valence-corrected chi connectivity index (χ0v) is 15.7. The second-order valence-corrected chi connectivity index (χ2v) is 6.55. The maximum atomic E-state index is 12.0. The minimum absolute atomic E-state index is 0.119. The summed E-state index contributed by atoms with van der Waals surface area (Å²) in [5.41, 5.74) is 1.89. The molecule has 29 heavy (non-hydrogen) atoms. The van der Waals surface area contributed by atoms with Crippen LogP contribution < -0.4 is 10.2 Å². The van der Waals surface area contributed by atoms with E-state index < -0.39 is 23.4 Å². The van der Waals surface area contributed by atoms with Crippen LogP contribution in [0.2, 0.25) is 0 Å². The van der Waals surface area contributed by atoms with Crippen LogP contribution in [0.1, 0.15) is 18.4 Å². The Morgan fingerprint density at radius 2 is 1.79 bits per heavy atom. The molecule has 2 aromatic rings. The number of nitro groups is 1. The van der Waals surface area contributed by atoms with E-state index in [1.54, 1.807) is 6.07 Å². The van der Waals surface area contributed by atoms with Crippen LogP contribution in [-0.2, 0) is 14.3 Å². The van der Waals surface area contributed by atoms with E-state index in [0.29, 0.717) is 5.69 Å². The Morgan fingerprint density at radius 1 is 1.10 bits per heavy atom. The number of rotatable bonds is 7. The normalized spacial score (nSPS) is 13.4. The number of nitro benzene ring substituents is 1. The van der Waals surface area contributed by atoms with Crippen molar-refractivity contribution in [1.82, 2.24) is 0 Å². The maximum Gasteiger partial charge on any atom is 0.331 e. The van der Waals surface area contributed by atoms with Gasteiger partial charge in [0.25, 0.3) is 11.6 Å². The number of anilines is 2. The summed E-state index contributed by atoms with van der Waals surface area (Å²) in [4.78, 5) is 36.5. The van der Waals surface area contributed by atoms with Gasteiger partial charge in [0.2, 0.25) is 0 Å². The third kappa shape index (κ3) is 5.65. The molecule has 0 saturated carbocycles.